The van der Waals surface area contributed by atoms with E-state index in [0.29, 0.717) is 12.5 Å². The number of amides is 1. The lowest BCUT2D eigenvalue weighted by Gasteiger charge is -2.37. The molecule has 3 rings (SSSR count). The Labute approximate surface area is 138 Å². The molecule has 1 aliphatic carbocycles. The van der Waals surface area contributed by atoms with E-state index in [-0.39, 0.29) is 23.7 Å². The minimum atomic E-state index is -0.170. The molecule has 5 heteroatoms. The van der Waals surface area contributed by atoms with E-state index in [1.54, 1.807) is 7.11 Å². The summed E-state index contributed by atoms with van der Waals surface area (Å²) in [6.07, 6.45) is 4.64. The fraction of sp³-hybridized carbons (Fsp3) is 0.588. The summed E-state index contributed by atoms with van der Waals surface area (Å²) in [5.41, 5.74) is 0.911. The first-order chi connectivity index (χ1) is 10.2. The van der Waals surface area contributed by atoms with Crippen LogP contribution in [0.25, 0.3) is 0 Å². The van der Waals surface area contributed by atoms with Gasteiger partial charge in [-0.15, -0.1) is 12.4 Å². The lowest BCUT2D eigenvalue weighted by atomic mass is 9.67. The average molecular weight is 325 g/mol. The van der Waals surface area contributed by atoms with Crippen LogP contribution in [0, 0.1) is 11.3 Å². The standard InChI is InChI=1S/C17H24N2O2.ClH/c1-21-15-7-4-5-13(9-15)10-19-16(20)17-8-3-2-6-14(17)11-18-12-17;/h4-5,7,9,14,18H,2-3,6,8,10-12H2,1H3,(H,19,20);1H/t14-,17+;/m0./s1. The number of hydrogen-bond acceptors (Lipinski definition) is 3. The third kappa shape index (κ3) is 3.23. The summed E-state index contributed by atoms with van der Waals surface area (Å²) in [6, 6.07) is 7.87. The third-order valence-corrected chi connectivity index (χ3v) is 5.08. The number of carbonyl (C=O) groups excluding carboxylic acids is 1. The Morgan fingerprint density at radius 3 is 3.14 bits per heavy atom. The van der Waals surface area contributed by atoms with E-state index in [0.717, 1.165) is 30.8 Å². The molecule has 2 fully saturated rings. The normalized spacial score (nSPS) is 26.7. The predicted molar refractivity (Wildman–Crippen MR) is 89.3 cm³/mol. The van der Waals surface area contributed by atoms with Crippen LogP contribution >= 0.6 is 12.4 Å². The molecule has 0 spiro atoms. The molecule has 1 aromatic carbocycles. The average Bonchev–Trinajstić information content (AvgIpc) is 2.98. The van der Waals surface area contributed by atoms with Crippen molar-refractivity contribution in [1.29, 1.82) is 0 Å². The number of fused-ring (bicyclic) bond motifs is 1. The quantitative estimate of drug-likeness (QED) is 0.894. The maximum absolute atomic E-state index is 12.7. The predicted octanol–water partition coefficient (Wildman–Crippen LogP) is 2.51. The van der Waals surface area contributed by atoms with Gasteiger partial charge in [-0.05, 0) is 43.0 Å². The zero-order valence-corrected chi connectivity index (χ0v) is 13.9. The minimum Gasteiger partial charge on any atom is -0.497 e. The van der Waals surface area contributed by atoms with Crippen molar-refractivity contribution in [2.24, 2.45) is 11.3 Å². The van der Waals surface area contributed by atoms with Crippen LogP contribution in [0.1, 0.15) is 31.2 Å². The molecule has 2 N–H and O–H groups in total. The zero-order chi connectivity index (χ0) is 14.7. The maximum Gasteiger partial charge on any atom is 0.228 e. The van der Waals surface area contributed by atoms with Crippen LogP contribution in [0.15, 0.2) is 24.3 Å². The van der Waals surface area contributed by atoms with Crippen molar-refractivity contribution in [1.82, 2.24) is 10.6 Å². The van der Waals surface area contributed by atoms with Gasteiger partial charge in [0, 0.05) is 13.1 Å². The Morgan fingerprint density at radius 2 is 2.32 bits per heavy atom. The Kier molecular flexibility index (Phi) is 5.70. The van der Waals surface area contributed by atoms with Crippen molar-refractivity contribution in [3.05, 3.63) is 29.8 Å². The van der Waals surface area contributed by atoms with Crippen LogP contribution in [-0.2, 0) is 11.3 Å². The second-order valence-corrected chi connectivity index (χ2v) is 6.26. The molecule has 2 aliphatic rings. The molecular weight excluding hydrogens is 300 g/mol. The Hall–Kier alpha value is -1.26. The van der Waals surface area contributed by atoms with Gasteiger partial charge in [-0.1, -0.05) is 25.0 Å². The van der Waals surface area contributed by atoms with E-state index in [9.17, 15) is 4.79 Å². The number of hydrogen-bond donors (Lipinski definition) is 2. The first-order valence-electron chi connectivity index (χ1n) is 7.86. The number of benzene rings is 1. The van der Waals surface area contributed by atoms with Crippen LogP contribution in [0.3, 0.4) is 0 Å². The highest BCUT2D eigenvalue weighted by Gasteiger charge is 2.49. The van der Waals surface area contributed by atoms with Crippen molar-refractivity contribution in [3.8, 4) is 5.75 Å². The molecule has 0 unspecified atom stereocenters. The largest absolute Gasteiger partial charge is 0.497 e. The second-order valence-electron chi connectivity index (χ2n) is 6.26. The summed E-state index contributed by atoms with van der Waals surface area (Å²) in [7, 11) is 1.66. The van der Waals surface area contributed by atoms with Gasteiger partial charge >= 0.3 is 0 Å². The van der Waals surface area contributed by atoms with E-state index in [1.165, 1.54) is 19.3 Å². The smallest absolute Gasteiger partial charge is 0.228 e. The van der Waals surface area contributed by atoms with Crippen LogP contribution in [0.4, 0.5) is 0 Å². The Bertz CT molecular complexity index is 523. The zero-order valence-electron chi connectivity index (χ0n) is 13.1. The number of halogens is 1. The molecule has 1 aliphatic heterocycles. The van der Waals surface area contributed by atoms with Gasteiger partial charge < -0.3 is 15.4 Å². The Balaban J connectivity index is 0.00000176. The fourth-order valence-electron chi connectivity index (χ4n) is 3.83. The molecule has 1 saturated heterocycles. The van der Waals surface area contributed by atoms with Crippen molar-refractivity contribution in [2.75, 3.05) is 20.2 Å². The number of nitrogens with one attached hydrogen (secondary N) is 2. The van der Waals surface area contributed by atoms with E-state index in [2.05, 4.69) is 10.6 Å². The minimum absolute atomic E-state index is 0. The summed E-state index contributed by atoms with van der Waals surface area (Å²) in [6.45, 7) is 2.40. The van der Waals surface area contributed by atoms with Gasteiger partial charge in [0.25, 0.3) is 0 Å². The molecule has 0 aromatic heterocycles. The summed E-state index contributed by atoms with van der Waals surface area (Å²) in [4.78, 5) is 12.7. The number of carbonyl (C=O) groups is 1. The molecule has 1 heterocycles. The monoisotopic (exact) mass is 324 g/mol. The molecule has 1 saturated carbocycles. The summed E-state index contributed by atoms with van der Waals surface area (Å²) < 4.78 is 5.22. The van der Waals surface area contributed by atoms with Crippen molar-refractivity contribution in [2.45, 2.75) is 32.2 Å². The van der Waals surface area contributed by atoms with E-state index in [1.807, 2.05) is 24.3 Å². The first kappa shape index (κ1) is 17.1. The molecule has 22 heavy (non-hydrogen) atoms. The van der Waals surface area contributed by atoms with Crippen LogP contribution in [-0.4, -0.2) is 26.1 Å². The van der Waals surface area contributed by atoms with E-state index in [4.69, 9.17) is 4.74 Å². The summed E-state index contributed by atoms with van der Waals surface area (Å²) in [5, 5.41) is 6.57. The van der Waals surface area contributed by atoms with E-state index < -0.39 is 0 Å². The molecule has 2 atom stereocenters. The summed E-state index contributed by atoms with van der Waals surface area (Å²) >= 11 is 0. The second kappa shape index (κ2) is 7.34. The van der Waals surface area contributed by atoms with E-state index >= 15 is 0 Å². The molecule has 0 bridgehead atoms. The van der Waals surface area contributed by atoms with Crippen molar-refractivity contribution >= 4 is 18.3 Å². The molecular formula is C17H25ClN2O2. The highest BCUT2D eigenvalue weighted by molar-refractivity contribution is 5.85. The highest BCUT2D eigenvalue weighted by atomic mass is 35.5. The molecule has 0 radical (unpaired) electrons. The van der Waals surface area contributed by atoms with Gasteiger partial charge in [-0.3, -0.25) is 4.79 Å². The van der Waals surface area contributed by atoms with Gasteiger partial charge in [0.05, 0.1) is 12.5 Å². The third-order valence-electron chi connectivity index (χ3n) is 5.08. The van der Waals surface area contributed by atoms with Gasteiger partial charge in [0.15, 0.2) is 0 Å². The van der Waals surface area contributed by atoms with Crippen LogP contribution < -0.4 is 15.4 Å². The lowest BCUT2D eigenvalue weighted by molar-refractivity contribution is -0.134. The molecule has 1 amide bonds. The highest BCUT2D eigenvalue weighted by Crippen LogP contribution is 2.43. The van der Waals surface area contributed by atoms with Gasteiger partial charge in [0.1, 0.15) is 5.75 Å². The van der Waals surface area contributed by atoms with Gasteiger partial charge in [-0.25, -0.2) is 0 Å². The topological polar surface area (TPSA) is 50.4 Å². The molecule has 4 nitrogen and oxygen atoms in total. The number of rotatable bonds is 4. The molecule has 122 valence electrons. The molecule has 1 aromatic rings. The summed E-state index contributed by atoms with van der Waals surface area (Å²) in [5.74, 6) is 1.56. The first-order valence-corrected chi connectivity index (χ1v) is 7.86. The fourth-order valence-corrected chi connectivity index (χ4v) is 3.83. The van der Waals surface area contributed by atoms with Gasteiger partial charge in [0.2, 0.25) is 5.91 Å². The SMILES string of the molecule is COc1cccc(CNC(=O)[C@@]23CCCC[C@H]2CNC3)c1.Cl. The van der Waals surface area contributed by atoms with Gasteiger partial charge in [-0.2, -0.15) is 0 Å². The van der Waals surface area contributed by atoms with Crippen molar-refractivity contribution < 1.29 is 9.53 Å². The number of ether oxygens (including phenoxy) is 1. The Morgan fingerprint density at radius 1 is 1.45 bits per heavy atom. The van der Waals surface area contributed by atoms with Crippen molar-refractivity contribution in [3.63, 3.8) is 0 Å². The maximum atomic E-state index is 12.7. The number of methoxy groups -OCH3 is 1. The van der Waals surface area contributed by atoms with Crippen LogP contribution in [0.2, 0.25) is 0 Å². The van der Waals surface area contributed by atoms with Crippen LogP contribution in [0.5, 0.6) is 5.75 Å². The lowest BCUT2D eigenvalue weighted by Crippen LogP contribution is -2.47.